The van der Waals surface area contributed by atoms with Gasteiger partial charge >= 0.3 is 0 Å². The molecule has 150 valence electrons. The first-order valence-electron chi connectivity index (χ1n) is 8.90. The molecule has 1 atom stereocenters. The number of rotatable bonds is 6. The van der Waals surface area contributed by atoms with Gasteiger partial charge in [-0.1, -0.05) is 6.92 Å². The molecule has 6 nitrogen and oxygen atoms in total. The van der Waals surface area contributed by atoms with Crippen LogP contribution in [0.4, 0.5) is 9.39 Å². The molecule has 1 aliphatic rings. The van der Waals surface area contributed by atoms with Crippen molar-refractivity contribution in [2.45, 2.75) is 37.5 Å². The molecule has 3 rings (SSSR count). The Morgan fingerprint density at radius 1 is 1.29 bits per heavy atom. The lowest BCUT2D eigenvalue weighted by atomic mass is 9.88. The number of anilines is 1. The van der Waals surface area contributed by atoms with Crippen LogP contribution in [0.1, 0.15) is 40.6 Å². The summed E-state index contributed by atoms with van der Waals surface area (Å²) < 4.78 is 37.6. The van der Waals surface area contributed by atoms with Crippen molar-refractivity contribution in [3.63, 3.8) is 0 Å². The van der Waals surface area contributed by atoms with Crippen LogP contribution in [0.2, 0.25) is 0 Å². The van der Waals surface area contributed by atoms with E-state index in [9.17, 15) is 22.4 Å². The maximum absolute atomic E-state index is 13.0. The summed E-state index contributed by atoms with van der Waals surface area (Å²) in [4.78, 5) is 25.2. The molecular weight excluding hydrogens is 403 g/mol. The van der Waals surface area contributed by atoms with Crippen LogP contribution >= 0.6 is 11.3 Å². The van der Waals surface area contributed by atoms with Crippen molar-refractivity contribution < 1.29 is 22.4 Å². The van der Waals surface area contributed by atoms with Crippen LogP contribution in [0.3, 0.4) is 0 Å². The van der Waals surface area contributed by atoms with Crippen molar-refractivity contribution in [3.05, 3.63) is 46.1 Å². The van der Waals surface area contributed by atoms with E-state index >= 15 is 0 Å². The fourth-order valence-electron chi connectivity index (χ4n) is 3.28. The zero-order valence-electron chi connectivity index (χ0n) is 15.3. The fraction of sp³-hybridized carbons (Fsp3) is 0.368. The summed E-state index contributed by atoms with van der Waals surface area (Å²) >= 11 is 1.33. The van der Waals surface area contributed by atoms with Gasteiger partial charge < -0.3 is 11.1 Å². The Kier molecular flexibility index (Phi) is 5.85. The second kappa shape index (κ2) is 8.00. The first-order chi connectivity index (χ1) is 13.2. The zero-order chi connectivity index (χ0) is 20.5. The number of nitrogens with one attached hydrogen (secondary N) is 1. The van der Waals surface area contributed by atoms with E-state index in [-0.39, 0.29) is 11.3 Å². The summed E-state index contributed by atoms with van der Waals surface area (Å²) in [5, 5.41) is 3.04. The molecule has 3 N–H and O–H groups in total. The standard InChI is InChI=1S/C19H21FN2O4S2/c1-11-2-7-14-15(10-11)27-19(17(14)18(21)24)22-16(23)8-9-28(25,26)13-5-3-12(20)4-6-13/h3-6,11H,2,7-10H2,1H3,(H2,21,24)(H,22,23)/t11-/m1/s1. The number of fused-ring (bicyclic) bond motifs is 1. The van der Waals surface area contributed by atoms with Gasteiger partial charge in [-0.05, 0) is 55.0 Å². The molecule has 0 aliphatic heterocycles. The van der Waals surface area contributed by atoms with E-state index in [1.54, 1.807) is 0 Å². The van der Waals surface area contributed by atoms with E-state index in [4.69, 9.17) is 5.73 Å². The van der Waals surface area contributed by atoms with Gasteiger partial charge in [0, 0.05) is 11.3 Å². The highest BCUT2D eigenvalue weighted by Gasteiger charge is 2.27. The lowest BCUT2D eigenvalue weighted by Gasteiger charge is -2.18. The van der Waals surface area contributed by atoms with Gasteiger partial charge in [0.2, 0.25) is 5.91 Å². The number of nitrogens with two attached hydrogens (primary N) is 1. The van der Waals surface area contributed by atoms with Gasteiger partial charge in [0.25, 0.3) is 5.91 Å². The lowest BCUT2D eigenvalue weighted by Crippen LogP contribution is -2.21. The third-order valence-electron chi connectivity index (χ3n) is 4.78. The normalized spacial score (nSPS) is 16.4. The quantitative estimate of drug-likeness (QED) is 0.695. The predicted octanol–water partition coefficient (Wildman–Crippen LogP) is 2.91. The van der Waals surface area contributed by atoms with Crippen molar-refractivity contribution in [1.82, 2.24) is 0 Å². The highest BCUT2D eigenvalue weighted by Crippen LogP contribution is 2.39. The second-order valence-corrected chi connectivity index (χ2v) is 10.2. The molecular formula is C19H21FN2O4S2. The molecule has 0 spiro atoms. The third kappa shape index (κ3) is 4.41. The average molecular weight is 425 g/mol. The number of halogens is 1. The summed E-state index contributed by atoms with van der Waals surface area (Å²) in [5.74, 6) is -1.57. The molecule has 0 saturated heterocycles. The minimum Gasteiger partial charge on any atom is -0.365 e. The summed E-state index contributed by atoms with van der Waals surface area (Å²) in [5.41, 5.74) is 6.74. The van der Waals surface area contributed by atoms with E-state index in [2.05, 4.69) is 12.2 Å². The highest BCUT2D eigenvalue weighted by molar-refractivity contribution is 7.91. The van der Waals surface area contributed by atoms with Gasteiger partial charge in [0.15, 0.2) is 9.84 Å². The zero-order valence-corrected chi connectivity index (χ0v) is 17.0. The number of hydrogen-bond donors (Lipinski definition) is 2. The molecule has 2 amide bonds. The molecule has 0 unspecified atom stereocenters. The van der Waals surface area contributed by atoms with Gasteiger partial charge in [-0.2, -0.15) is 0 Å². The third-order valence-corrected chi connectivity index (χ3v) is 7.68. The van der Waals surface area contributed by atoms with E-state index in [0.29, 0.717) is 16.5 Å². The molecule has 2 aromatic rings. The van der Waals surface area contributed by atoms with Crippen molar-refractivity contribution in [2.75, 3.05) is 11.1 Å². The monoisotopic (exact) mass is 424 g/mol. The van der Waals surface area contributed by atoms with Crippen LogP contribution in [-0.4, -0.2) is 26.0 Å². The molecule has 1 aromatic carbocycles. The molecule has 0 fully saturated rings. The number of amides is 2. The minimum absolute atomic E-state index is 0.0416. The number of hydrogen-bond acceptors (Lipinski definition) is 5. The van der Waals surface area contributed by atoms with Crippen LogP contribution in [0.15, 0.2) is 29.2 Å². The molecule has 28 heavy (non-hydrogen) atoms. The number of primary amides is 1. The number of thiophene rings is 1. The molecule has 1 heterocycles. The van der Waals surface area contributed by atoms with E-state index in [1.807, 2.05) is 0 Å². The van der Waals surface area contributed by atoms with Crippen LogP contribution < -0.4 is 11.1 Å². The Bertz CT molecular complexity index is 1010. The van der Waals surface area contributed by atoms with Gasteiger partial charge in [0.1, 0.15) is 10.8 Å². The Morgan fingerprint density at radius 2 is 1.96 bits per heavy atom. The molecule has 0 radical (unpaired) electrons. The summed E-state index contributed by atoms with van der Waals surface area (Å²) in [7, 11) is -3.72. The van der Waals surface area contributed by atoms with E-state index in [0.717, 1.165) is 41.8 Å². The summed E-state index contributed by atoms with van der Waals surface area (Å²) in [6, 6.07) is 4.46. The largest absolute Gasteiger partial charge is 0.365 e. The van der Waals surface area contributed by atoms with E-state index in [1.165, 1.54) is 23.5 Å². The Hall–Kier alpha value is -2.26. The van der Waals surface area contributed by atoms with Crippen LogP contribution in [0.5, 0.6) is 0 Å². The summed E-state index contributed by atoms with van der Waals surface area (Å²) in [6.07, 6.45) is 2.24. The van der Waals surface area contributed by atoms with E-state index < -0.39 is 33.2 Å². The van der Waals surface area contributed by atoms with Crippen molar-refractivity contribution in [2.24, 2.45) is 11.7 Å². The first-order valence-corrected chi connectivity index (χ1v) is 11.4. The number of carbonyl (C=O) groups is 2. The molecule has 1 aliphatic carbocycles. The summed E-state index contributed by atoms with van der Waals surface area (Å²) in [6.45, 7) is 2.13. The number of sulfone groups is 1. The maximum Gasteiger partial charge on any atom is 0.251 e. The van der Waals surface area contributed by atoms with Gasteiger partial charge in [-0.3, -0.25) is 9.59 Å². The molecule has 1 aromatic heterocycles. The second-order valence-electron chi connectivity index (χ2n) is 6.99. The van der Waals surface area contributed by atoms with Gasteiger partial charge in [-0.25, -0.2) is 12.8 Å². The fourth-order valence-corrected chi connectivity index (χ4v) is 5.95. The number of benzene rings is 1. The van der Waals surface area contributed by atoms with Crippen LogP contribution in [0.25, 0.3) is 0 Å². The van der Waals surface area contributed by atoms with Crippen molar-refractivity contribution in [3.8, 4) is 0 Å². The number of carbonyl (C=O) groups excluding carboxylic acids is 2. The molecule has 9 heteroatoms. The van der Waals surface area contributed by atoms with Crippen molar-refractivity contribution >= 4 is 38.0 Å². The first kappa shape index (κ1) is 20.5. The Morgan fingerprint density at radius 3 is 2.61 bits per heavy atom. The van der Waals surface area contributed by atoms with Crippen molar-refractivity contribution in [1.29, 1.82) is 0 Å². The lowest BCUT2D eigenvalue weighted by molar-refractivity contribution is -0.115. The maximum atomic E-state index is 13.0. The smallest absolute Gasteiger partial charge is 0.251 e. The average Bonchev–Trinajstić information content (AvgIpc) is 2.97. The van der Waals surface area contributed by atoms with Gasteiger partial charge in [-0.15, -0.1) is 11.3 Å². The predicted molar refractivity (Wildman–Crippen MR) is 106 cm³/mol. The molecule has 0 saturated carbocycles. The van der Waals surface area contributed by atoms with Gasteiger partial charge in [0.05, 0.1) is 16.2 Å². The Labute approximate surface area is 166 Å². The SMILES string of the molecule is C[C@@H]1CCc2c(sc(NC(=O)CCS(=O)(=O)c3ccc(F)cc3)c2C(N)=O)C1. The van der Waals surface area contributed by atoms with Crippen LogP contribution in [-0.2, 0) is 27.5 Å². The molecule has 0 bridgehead atoms. The Balaban J connectivity index is 1.71. The topological polar surface area (TPSA) is 106 Å². The minimum atomic E-state index is -3.72. The highest BCUT2D eigenvalue weighted by atomic mass is 32.2. The van der Waals surface area contributed by atoms with Crippen LogP contribution in [0, 0.1) is 11.7 Å².